The topological polar surface area (TPSA) is 12.9 Å². The Balaban J connectivity index is 2.87. The zero-order valence-electron chi connectivity index (χ0n) is 5.97. The number of hydrogen-bond donors (Lipinski definition) is 0. The Morgan fingerprint density at radius 2 is 2.27 bits per heavy atom. The van der Waals surface area contributed by atoms with Gasteiger partial charge in [0.2, 0.25) is 0 Å². The largest absolute Gasteiger partial charge is 0.240 e. The Bertz CT molecular complexity index is 394. The second-order valence-corrected chi connectivity index (χ2v) is 4.12. The van der Waals surface area contributed by atoms with E-state index in [0.29, 0.717) is 0 Å². The highest BCUT2D eigenvalue weighted by Crippen LogP contribution is 2.24. The summed E-state index contributed by atoms with van der Waals surface area (Å²) in [4.78, 5) is 4.36. The van der Waals surface area contributed by atoms with Crippen LogP contribution >= 0.6 is 27.3 Å². The van der Waals surface area contributed by atoms with Gasteiger partial charge in [0.15, 0.2) is 0 Å². The summed E-state index contributed by atoms with van der Waals surface area (Å²) in [6.45, 7) is 2.08. The Hall–Kier alpha value is -0.410. The maximum absolute atomic E-state index is 4.36. The van der Waals surface area contributed by atoms with Crippen LogP contribution in [0.5, 0.6) is 0 Å². The summed E-state index contributed by atoms with van der Waals surface area (Å²) < 4.78 is 2.16. The summed E-state index contributed by atoms with van der Waals surface area (Å²) in [6, 6.07) is 4.06. The summed E-state index contributed by atoms with van der Waals surface area (Å²) in [7, 11) is 0. The lowest BCUT2D eigenvalue weighted by Crippen LogP contribution is -1.75. The molecule has 0 saturated heterocycles. The van der Waals surface area contributed by atoms with Crippen molar-refractivity contribution in [3.8, 4) is 0 Å². The van der Waals surface area contributed by atoms with Crippen molar-refractivity contribution in [2.45, 2.75) is 6.92 Å². The molecule has 0 aliphatic carbocycles. The van der Waals surface area contributed by atoms with Gasteiger partial charge in [0, 0.05) is 0 Å². The molecule has 0 aliphatic heterocycles. The van der Waals surface area contributed by atoms with E-state index >= 15 is 0 Å². The molecule has 0 fully saturated rings. The van der Waals surface area contributed by atoms with E-state index in [0.717, 1.165) is 10.1 Å². The molecule has 0 radical (unpaired) electrons. The molecule has 2 rings (SSSR count). The number of halogens is 1. The average molecular weight is 228 g/mol. The van der Waals surface area contributed by atoms with Crippen LogP contribution in [0.15, 0.2) is 22.1 Å². The number of rotatable bonds is 0. The third kappa shape index (κ3) is 1.19. The third-order valence-corrected chi connectivity index (χ3v) is 3.06. The molecular weight excluding hydrogens is 222 g/mol. The van der Waals surface area contributed by atoms with Gasteiger partial charge in [0.1, 0.15) is 4.60 Å². The summed E-state index contributed by atoms with van der Waals surface area (Å²) in [5.74, 6) is 0. The first-order chi connectivity index (χ1) is 5.27. The molecule has 0 amide bonds. The molecule has 11 heavy (non-hydrogen) atoms. The van der Waals surface area contributed by atoms with Crippen molar-refractivity contribution in [2.24, 2.45) is 0 Å². The molecule has 0 saturated carbocycles. The van der Waals surface area contributed by atoms with E-state index in [1.807, 2.05) is 6.07 Å². The predicted molar refractivity (Wildman–Crippen MR) is 52.1 cm³/mol. The summed E-state index contributed by atoms with van der Waals surface area (Å²) in [5, 5.41) is 2.13. The zero-order chi connectivity index (χ0) is 7.84. The first-order valence-electron chi connectivity index (χ1n) is 3.28. The van der Waals surface area contributed by atoms with Gasteiger partial charge in [-0.1, -0.05) is 0 Å². The number of nitrogens with zero attached hydrogens (tertiary/aromatic N) is 1. The molecule has 0 unspecified atom stereocenters. The van der Waals surface area contributed by atoms with Crippen molar-refractivity contribution in [1.82, 2.24) is 4.98 Å². The van der Waals surface area contributed by atoms with Crippen molar-refractivity contribution in [3.63, 3.8) is 0 Å². The minimum absolute atomic E-state index is 0.909. The first-order valence-corrected chi connectivity index (χ1v) is 4.95. The van der Waals surface area contributed by atoms with E-state index in [-0.39, 0.29) is 0 Å². The lowest BCUT2D eigenvalue weighted by molar-refractivity contribution is 1.34. The number of aromatic nitrogens is 1. The second-order valence-electron chi connectivity index (χ2n) is 2.40. The molecule has 0 atom stereocenters. The predicted octanol–water partition coefficient (Wildman–Crippen LogP) is 3.37. The van der Waals surface area contributed by atoms with Crippen LogP contribution < -0.4 is 0 Å². The van der Waals surface area contributed by atoms with Crippen LogP contribution in [0.2, 0.25) is 0 Å². The minimum Gasteiger partial charge on any atom is -0.240 e. The Labute approximate surface area is 77.2 Å². The van der Waals surface area contributed by atoms with E-state index in [1.165, 1.54) is 10.3 Å². The smallest absolute Gasteiger partial charge is 0.106 e. The molecule has 0 bridgehead atoms. The van der Waals surface area contributed by atoms with Crippen LogP contribution in [0.1, 0.15) is 5.56 Å². The molecule has 2 aromatic rings. The van der Waals surface area contributed by atoms with E-state index in [4.69, 9.17) is 0 Å². The van der Waals surface area contributed by atoms with Crippen molar-refractivity contribution in [1.29, 1.82) is 0 Å². The lowest BCUT2D eigenvalue weighted by atomic mass is 10.3. The highest BCUT2D eigenvalue weighted by molar-refractivity contribution is 9.10. The molecule has 2 aromatic heterocycles. The van der Waals surface area contributed by atoms with Crippen molar-refractivity contribution in [3.05, 3.63) is 27.7 Å². The van der Waals surface area contributed by atoms with Gasteiger partial charge in [-0.2, -0.15) is 0 Å². The van der Waals surface area contributed by atoms with Crippen LogP contribution in [0, 0.1) is 6.92 Å². The van der Waals surface area contributed by atoms with Crippen molar-refractivity contribution in [2.75, 3.05) is 0 Å². The number of aryl methyl sites for hydroxylation is 1. The van der Waals surface area contributed by atoms with Crippen molar-refractivity contribution < 1.29 is 0 Å². The van der Waals surface area contributed by atoms with Gasteiger partial charge < -0.3 is 0 Å². The number of fused-ring (bicyclic) bond motifs is 1. The maximum Gasteiger partial charge on any atom is 0.106 e. The van der Waals surface area contributed by atoms with Crippen LogP contribution in [-0.2, 0) is 0 Å². The van der Waals surface area contributed by atoms with E-state index in [2.05, 4.69) is 39.3 Å². The maximum atomic E-state index is 4.36. The number of pyridine rings is 1. The van der Waals surface area contributed by atoms with Crippen LogP contribution in [-0.4, -0.2) is 4.98 Å². The number of hydrogen-bond acceptors (Lipinski definition) is 2. The minimum atomic E-state index is 0.909. The van der Waals surface area contributed by atoms with Crippen LogP contribution in [0.25, 0.3) is 10.2 Å². The van der Waals surface area contributed by atoms with Crippen LogP contribution in [0.3, 0.4) is 0 Å². The fourth-order valence-corrected chi connectivity index (χ4v) is 2.20. The van der Waals surface area contributed by atoms with Gasteiger partial charge in [-0.3, -0.25) is 0 Å². The van der Waals surface area contributed by atoms with Gasteiger partial charge >= 0.3 is 0 Å². The third-order valence-electron chi connectivity index (χ3n) is 1.56. The lowest BCUT2D eigenvalue weighted by Gasteiger charge is -1.90. The second kappa shape index (κ2) is 2.57. The molecule has 56 valence electrons. The van der Waals surface area contributed by atoms with Gasteiger partial charge in [-0.05, 0) is 45.9 Å². The van der Waals surface area contributed by atoms with E-state index in [9.17, 15) is 0 Å². The normalized spacial score (nSPS) is 10.7. The standard InChI is InChI=1S/C8H6BrNS/c1-5-4-11-6-2-3-7(9)10-8(5)6/h2-4H,1H3. The first kappa shape index (κ1) is 7.25. The summed E-state index contributed by atoms with van der Waals surface area (Å²) in [6.07, 6.45) is 0. The van der Waals surface area contributed by atoms with E-state index < -0.39 is 0 Å². The SMILES string of the molecule is Cc1csc2ccc(Br)nc12. The monoisotopic (exact) mass is 227 g/mol. The Morgan fingerprint density at radius 1 is 1.45 bits per heavy atom. The van der Waals surface area contributed by atoms with Crippen molar-refractivity contribution >= 4 is 37.5 Å². The molecule has 0 aromatic carbocycles. The molecule has 3 heteroatoms. The highest BCUT2D eigenvalue weighted by Gasteiger charge is 2.00. The van der Waals surface area contributed by atoms with Gasteiger partial charge in [-0.15, -0.1) is 11.3 Å². The molecule has 1 nitrogen and oxygen atoms in total. The summed E-state index contributed by atoms with van der Waals surface area (Å²) >= 11 is 5.08. The molecule has 0 spiro atoms. The molecular formula is C8H6BrNS. The zero-order valence-corrected chi connectivity index (χ0v) is 8.37. The molecule has 0 N–H and O–H groups in total. The fraction of sp³-hybridized carbons (Fsp3) is 0.125. The summed E-state index contributed by atoms with van der Waals surface area (Å²) in [5.41, 5.74) is 2.37. The van der Waals surface area contributed by atoms with Gasteiger partial charge in [0.05, 0.1) is 10.2 Å². The quantitative estimate of drug-likeness (QED) is 0.630. The average Bonchev–Trinajstić information content (AvgIpc) is 2.33. The van der Waals surface area contributed by atoms with Gasteiger partial charge in [-0.25, -0.2) is 4.98 Å². The van der Waals surface area contributed by atoms with Crippen LogP contribution in [0.4, 0.5) is 0 Å². The van der Waals surface area contributed by atoms with Gasteiger partial charge in [0.25, 0.3) is 0 Å². The molecule has 2 heterocycles. The Kier molecular flexibility index (Phi) is 1.69. The number of thiophene rings is 1. The molecule has 0 aliphatic rings. The highest BCUT2D eigenvalue weighted by atomic mass is 79.9. The fourth-order valence-electron chi connectivity index (χ4n) is 1.01. The Morgan fingerprint density at radius 3 is 3.09 bits per heavy atom. The van der Waals surface area contributed by atoms with E-state index in [1.54, 1.807) is 11.3 Å².